The highest BCUT2D eigenvalue weighted by Gasteiger charge is 2.44. The molecule has 0 bridgehead atoms. The van der Waals surface area contributed by atoms with Gasteiger partial charge in [0.1, 0.15) is 11.8 Å². The maximum Gasteiger partial charge on any atom is 0.405 e. The topological polar surface area (TPSA) is 70.7 Å². The molecule has 1 atom stereocenters. The van der Waals surface area contributed by atoms with Crippen LogP contribution in [-0.4, -0.2) is 65.4 Å². The summed E-state index contributed by atoms with van der Waals surface area (Å²) in [5.41, 5.74) is 0. The minimum atomic E-state index is -4.51. The highest BCUT2D eigenvalue weighted by Crippen LogP contribution is 2.25. The number of hydrogen-bond acceptors (Lipinski definition) is 5. The molecule has 11 heteroatoms. The highest BCUT2D eigenvalue weighted by molar-refractivity contribution is 7.89. The first-order valence-corrected chi connectivity index (χ1v) is 8.87. The van der Waals surface area contributed by atoms with Crippen molar-refractivity contribution < 1.29 is 26.3 Å². The predicted molar refractivity (Wildman–Crippen MR) is 89.7 cm³/mol. The molecule has 1 saturated heterocycles. The van der Waals surface area contributed by atoms with Gasteiger partial charge in [-0.25, -0.2) is 13.1 Å². The fourth-order valence-corrected chi connectivity index (χ4v) is 3.51. The fourth-order valence-electron chi connectivity index (χ4n) is 2.47. The zero-order chi connectivity index (χ0) is 17.8. The lowest BCUT2D eigenvalue weighted by Gasteiger charge is -2.35. The summed E-state index contributed by atoms with van der Waals surface area (Å²) >= 11 is 0. The molecule has 1 aromatic carbocycles. The van der Waals surface area contributed by atoms with Gasteiger partial charge in [0.2, 0.25) is 10.0 Å². The lowest BCUT2D eigenvalue weighted by Crippen LogP contribution is -2.57. The molecule has 144 valence electrons. The summed E-state index contributed by atoms with van der Waals surface area (Å²) in [5, 5.41) is 2.97. The Morgan fingerprint density at radius 2 is 1.80 bits per heavy atom. The average Bonchev–Trinajstić information content (AvgIpc) is 2.54. The van der Waals surface area contributed by atoms with Crippen LogP contribution in [0.1, 0.15) is 0 Å². The Balaban J connectivity index is 0.00000312. The van der Waals surface area contributed by atoms with Gasteiger partial charge in [0, 0.05) is 32.7 Å². The molecule has 1 heterocycles. The van der Waals surface area contributed by atoms with E-state index in [9.17, 15) is 21.6 Å². The van der Waals surface area contributed by atoms with Crippen molar-refractivity contribution in [2.75, 3.05) is 39.8 Å². The number of ether oxygens (including phenoxy) is 1. The fraction of sp³-hybridized carbons (Fsp3) is 0.571. The maximum absolute atomic E-state index is 13.3. The van der Waals surface area contributed by atoms with Crippen LogP contribution in [0, 0.1) is 0 Å². The Bertz CT molecular complexity index is 635. The Hall–Kier alpha value is -1.07. The number of benzene rings is 1. The number of nitrogens with one attached hydrogen (secondary N) is 2. The Morgan fingerprint density at radius 3 is 2.28 bits per heavy atom. The summed E-state index contributed by atoms with van der Waals surface area (Å²) in [7, 11) is -2.59. The van der Waals surface area contributed by atoms with Crippen LogP contribution < -0.4 is 14.8 Å². The van der Waals surface area contributed by atoms with Gasteiger partial charge in [0.15, 0.2) is 0 Å². The van der Waals surface area contributed by atoms with Crippen molar-refractivity contribution in [2.45, 2.75) is 17.1 Å². The van der Waals surface area contributed by atoms with Crippen molar-refractivity contribution >= 4 is 22.4 Å². The quantitative estimate of drug-likeness (QED) is 0.747. The van der Waals surface area contributed by atoms with Gasteiger partial charge in [-0.2, -0.15) is 13.2 Å². The first-order valence-electron chi connectivity index (χ1n) is 7.39. The summed E-state index contributed by atoms with van der Waals surface area (Å²) in [5.74, 6) is 0.461. The lowest BCUT2D eigenvalue weighted by atomic mass is 10.2. The normalized spacial score (nSPS) is 17.6. The summed E-state index contributed by atoms with van der Waals surface area (Å²) in [6.07, 6.45) is -4.51. The number of methoxy groups -OCH3 is 1. The molecule has 1 aliphatic rings. The molecule has 0 saturated carbocycles. The second kappa shape index (κ2) is 9.04. The van der Waals surface area contributed by atoms with Gasteiger partial charge in [0.25, 0.3) is 0 Å². The molecule has 2 N–H and O–H groups in total. The third-order valence-corrected chi connectivity index (χ3v) is 5.25. The summed E-state index contributed by atoms with van der Waals surface area (Å²) in [6.45, 7) is 0.594. The van der Waals surface area contributed by atoms with E-state index < -0.39 is 28.8 Å². The van der Waals surface area contributed by atoms with Crippen molar-refractivity contribution in [3.8, 4) is 5.75 Å². The van der Waals surface area contributed by atoms with Gasteiger partial charge >= 0.3 is 6.18 Å². The molecule has 0 spiro atoms. The maximum atomic E-state index is 13.3. The molecule has 1 aliphatic heterocycles. The van der Waals surface area contributed by atoms with E-state index in [1.807, 2.05) is 0 Å². The first kappa shape index (κ1) is 22.0. The van der Waals surface area contributed by atoms with Gasteiger partial charge in [0.05, 0.1) is 12.0 Å². The van der Waals surface area contributed by atoms with E-state index in [-0.39, 0.29) is 30.4 Å². The number of sulfonamides is 1. The van der Waals surface area contributed by atoms with E-state index in [0.717, 1.165) is 0 Å². The van der Waals surface area contributed by atoms with E-state index in [0.29, 0.717) is 18.8 Å². The third-order valence-electron chi connectivity index (χ3n) is 3.81. The lowest BCUT2D eigenvalue weighted by molar-refractivity contribution is -0.182. The van der Waals surface area contributed by atoms with Crippen LogP contribution in [0.5, 0.6) is 5.75 Å². The number of nitrogens with zero attached hydrogens (tertiary/aromatic N) is 1. The highest BCUT2D eigenvalue weighted by atomic mass is 35.5. The van der Waals surface area contributed by atoms with Crippen molar-refractivity contribution in [1.82, 2.24) is 14.9 Å². The van der Waals surface area contributed by atoms with Gasteiger partial charge in [-0.1, -0.05) is 0 Å². The van der Waals surface area contributed by atoms with Crippen LogP contribution in [0.15, 0.2) is 29.2 Å². The summed E-state index contributed by atoms with van der Waals surface area (Å²) in [6, 6.07) is 3.59. The Labute approximate surface area is 151 Å². The molecule has 0 aromatic heterocycles. The van der Waals surface area contributed by atoms with Gasteiger partial charge in [-0.05, 0) is 24.3 Å². The zero-order valence-corrected chi connectivity index (χ0v) is 15.2. The van der Waals surface area contributed by atoms with E-state index in [1.165, 1.54) is 36.3 Å². The predicted octanol–water partition coefficient (Wildman–Crippen LogP) is 1.23. The van der Waals surface area contributed by atoms with Crippen LogP contribution in [0.3, 0.4) is 0 Å². The summed E-state index contributed by atoms with van der Waals surface area (Å²) < 4.78 is 71.2. The number of hydrogen-bond donors (Lipinski definition) is 2. The Morgan fingerprint density at radius 1 is 1.24 bits per heavy atom. The number of halogens is 4. The van der Waals surface area contributed by atoms with Gasteiger partial charge in [-0.3, -0.25) is 4.90 Å². The van der Waals surface area contributed by atoms with Gasteiger partial charge in [-0.15, -0.1) is 12.4 Å². The molecule has 0 radical (unpaired) electrons. The first-order chi connectivity index (χ1) is 11.2. The smallest absolute Gasteiger partial charge is 0.405 e. The van der Waals surface area contributed by atoms with Crippen LogP contribution >= 0.6 is 12.4 Å². The number of alkyl halides is 3. The standard InChI is InChI=1S/C14H20F3N3O3S.ClH/c1-23-11-2-4-12(5-3-11)24(21,22)19-10-13(14(15,16)17)20-8-6-18-7-9-20;/h2-5,13,18-19H,6-10H2,1H3;1H. The molecular formula is C14H21ClF3N3O3S. The SMILES string of the molecule is COc1ccc(S(=O)(=O)NCC(N2CCNCC2)C(F)(F)F)cc1.Cl. The minimum absolute atomic E-state index is 0. The molecule has 25 heavy (non-hydrogen) atoms. The van der Waals surface area contributed by atoms with Crippen molar-refractivity contribution in [2.24, 2.45) is 0 Å². The second-order valence-corrected chi connectivity index (χ2v) is 7.14. The van der Waals surface area contributed by atoms with E-state index in [1.54, 1.807) is 0 Å². The average molecular weight is 404 g/mol. The molecule has 1 unspecified atom stereocenters. The monoisotopic (exact) mass is 403 g/mol. The number of piperazine rings is 1. The summed E-state index contributed by atoms with van der Waals surface area (Å²) in [4.78, 5) is 1.14. The molecule has 1 aromatic rings. The zero-order valence-electron chi connectivity index (χ0n) is 13.5. The van der Waals surface area contributed by atoms with Crippen molar-refractivity contribution in [1.29, 1.82) is 0 Å². The van der Waals surface area contributed by atoms with E-state index in [2.05, 4.69) is 10.0 Å². The molecule has 2 rings (SSSR count). The third kappa shape index (κ3) is 6.00. The van der Waals surface area contributed by atoms with Gasteiger partial charge < -0.3 is 10.1 Å². The number of rotatable bonds is 6. The van der Waals surface area contributed by atoms with Crippen LogP contribution in [0.4, 0.5) is 13.2 Å². The molecule has 6 nitrogen and oxygen atoms in total. The Kier molecular flexibility index (Phi) is 7.94. The molecule has 1 fully saturated rings. The van der Waals surface area contributed by atoms with Crippen LogP contribution in [0.2, 0.25) is 0 Å². The molecule has 0 amide bonds. The van der Waals surface area contributed by atoms with Crippen LogP contribution in [0.25, 0.3) is 0 Å². The van der Waals surface area contributed by atoms with Crippen LogP contribution in [-0.2, 0) is 10.0 Å². The second-order valence-electron chi connectivity index (χ2n) is 5.37. The van der Waals surface area contributed by atoms with Crippen molar-refractivity contribution in [3.05, 3.63) is 24.3 Å². The minimum Gasteiger partial charge on any atom is -0.497 e. The van der Waals surface area contributed by atoms with E-state index >= 15 is 0 Å². The molecular weight excluding hydrogens is 383 g/mol. The van der Waals surface area contributed by atoms with Crippen molar-refractivity contribution in [3.63, 3.8) is 0 Å². The van der Waals surface area contributed by atoms with E-state index in [4.69, 9.17) is 4.74 Å². The largest absolute Gasteiger partial charge is 0.497 e. The molecule has 0 aliphatic carbocycles.